The van der Waals surface area contributed by atoms with Crippen LogP contribution in [0.25, 0.3) is 0 Å². The molecule has 0 radical (unpaired) electrons. The Kier molecular flexibility index (Phi) is 7.12. The molecule has 16 heavy (non-hydrogen) atoms. The minimum atomic E-state index is 0.653. The highest BCUT2D eigenvalue weighted by molar-refractivity contribution is 5.23. The molecule has 0 unspecified atom stereocenters. The van der Waals surface area contributed by atoms with Gasteiger partial charge in [0.2, 0.25) is 0 Å². The first-order chi connectivity index (χ1) is 7.34. The monoisotopic (exact) mass is 220 g/mol. The molecular formula is C16H28. The first-order valence-corrected chi connectivity index (χ1v) is 6.41. The summed E-state index contributed by atoms with van der Waals surface area (Å²) >= 11 is 0. The van der Waals surface area contributed by atoms with Gasteiger partial charge < -0.3 is 0 Å². The van der Waals surface area contributed by atoms with E-state index in [0.717, 1.165) is 11.8 Å². The molecule has 0 heterocycles. The van der Waals surface area contributed by atoms with Crippen molar-refractivity contribution in [3.63, 3.8) is 0 Å². The fourth-order valence-corrected chi connectivity index (χ4v) is 0.951. The standard InChI is InChI=1S/C10H14.C6H14/c1-8(2)10-6-4-9(3)5-7-10;1-5(2)6(3)4/h4-8H,1-3H3;5-6H,1-4H3. The highest BCUT2D eigenvalue weighted by Crippen LogP contribution is 2.13. The number of aryl methyl sites for hydroxylation is 1. The van der Waals surface area contributed by atoms with Gasteiger partial charge in [-0.3, -0.25) is 0 Å². The average molecular weight is 220 g/mol. The van der Waals surface area contributed by atoms with Gasteiger partial charge in [-0.05, 0) is 30.2 Å². The van der Waals surface area contributed by atoms with Crippen LogP contribution in [-0.2, 0) is 0 Å². The molecule has 1 rings (SSSR count). The summed E-state index contributed by atoms with van der Waals surface area (Å²) < 4.78 is 0. The summed E-state index contributed by atoms with van der Waals surface area (Å²) in [5.41, 5.74) is 2.76. The van der Waals surface area contributed by atoms with Gasteiger partial charge in [-0.2, -0.15) is 0 Å². The zero-order valence-corrected chi connectivity index (χ0v) is 12.0. The largest absolute Gasteiger partial charge is 0.0625 e. The second kappa shape index (κ2) is 7.49. The van der Waals surface area contributed by atoms with Crippen molar-refractivity contribution in [2.75, 3.05) is 0 Å². The fourth-order valence-electron chi connectivity index (χ4n) is 0.951. The maximum absolute atomic E-state index is 2.24. The molecule has 92 valence electrons. The van der Waals surface area contributed by atoms with Gasteiger partial charge in [-0.15, -0.1) is 0 Å². The second-order valence-electron chi connectivity index (χ2n) is 5.55. The van der Waals surface area contributed by atoms with Gasteiger partial charge in [0, 0.05) is 0 Å². The zero-order chi connectivity index (χ0) is 12.7. The van der Waals surface area contributed by atoms with E-state index in [1.807, 2.05) is 0 Å². The molecule has 0 atom stereocenters. The minimum Gasteiger partial charge on any atom is -0.0625 e. The van der Waals surface area contributed by atoms with E-state index >= 15 is 0 Å². The lowest BCUT2D eigenvalue weighted by atomic mass is 10.0. The van der Waals surface area contributed by atoms with Gasteiger partial charge >= 0.3 is 0 Å². The van der Waals surface area contributed by atoms with Crippen molar-refractivity contribution in [1.29, 1.82) is 0 Å². The zero-order valence-electron chi connectivity index (χ0n) is 12.0. The molecule has 0 fully saturated rings. The molecule has 0 heteroatoms. The SMILES string of the molecule is CC(C)C(C)C.Cc1ccc(C(C)C)cc1. The Morgan fingerprint density at radius 1 is 0.688 bits per heavy atom. The fraction of sp³-hybridized carbons (Fsp3) is 0.625. The smallest absolute Gasteiger partial charge is 0.0219 e. The molecule has 0 aromatic heterocycles. The van der Waals surface area contributed by atoms with Crippen LogP contribution in [-0.4, -0.2) is 0 Å². The molecule has 0 aliphatic carbocycles. The minimum absolute atomic E-state index is 0.653. The van der Waals surface area contributed by atoms with Crippen molar-refractivity contribution >= 4 is 0 Å². The Morgan fingerprint density at radius 3 is 1.31 bits per heavy atom. The molecule has 1 aromatic rings. The van der Waals surface area contributed by atoms with Crippen molar-refractivity contribution in [1.82, 2.24) is 0 Å². The third-order valence-electron chi connectivity index (χ3n) is 3.08. The first kappa shape index (κ1) is 15.2. The molecule has 0 N–H and O–H groups in total. The molecule has 0 amide bonds. The van der Waals surface area contributed by atoms with Crippen molar-refractivity contribution in [2.24, 2.45) is 11.8 Å². The van der Waals surface area contributed by atoms with Gasteiger partial charge in [-0.1, -0.05) is 71.4 Å². The summed E-state index contributed by atoms with van der Waals surface area (Å²) in [5, 5.41) is 0. The quantitative estimate of drug-likeness (QED) is 0.624. The van der Waals surface area contributed by atoms with Gasteiger partial charge in [0.1, 0.15) is 0 Å². The third kappa shape index (κ3) is 6.66. The topological polar surface area (TPSA) is 0 Å². The molecule has 0 nitrogen and oxygen atoms in total. The van der Waals surface area contributed by atoms with Gasteiger partial charge in [0.05, 0.1) is 0 Å². The summed E-state index contributed by atoms with van der Waals surface area (Å²) in [6.45, 7) is 15.5. The Bertz CT molecular complexity index is 259. The van der Waals surface area contributed by atoms with E-state index in [-0.39, 0.29) is 0 Å². The Morgan fingerprint density at radius 2 is 1.06 bits per heavy atom. The average Bonchev–Trinajstić information content (AvgIpc) is 2.19. The Balaban J connectivity index is 0.000000325. The first-order valence-electron chi connectivity index (χ1n) is 6.41. The number of hydrogen-bond donors (Lipinski definition) is 0. The van der Waals surface area contributed by atoms with Crippen molar-refractivity contribution in [3.8, 4) is 0 Å². The van der Waals surface area contributed by atoms with Crippen molar-refractivity contribution in [3.05, 3.63) is 35.4 Å². The second-order valence-corrected chi connectivity index (χ2v) is 5.55. The van der Waals surface area contributed by atoms with Crippen LogP contribution in [0.5, 0.6) is 0 Å². The van der Waals surface area contributed by atoms with E-state index in [2.05, 4.69) is 72.7 Å². The van der Waals surface area contributed by atoms with E-state index in [9.17, 15) is 0 Å². The predicted octanol–water partition coefficient (Wildman–Crippen LogP) is 5.42. The van der Waals surface area contributed by atoms with Gasteiger partial charge in [-0.25, -0.2) is 0 Å². The summed E-state index contributed by atoms with van der Waals surface area (Å²) in [6, 6.07) is 8.71. The maximum atomic E-state index is 2.24. The highest BCUT2D eigenvalue weighted by atomic mass is 14.0. The molecule has 0 aliphatic rings. The van der Waals surface area contributed by atoms with E-state index in [4.69, 9.17) is 0 Å². The van der Waals surface area contributed by atoms with Crippen LogP contribution in [0.4, 0.5) is 0 Å². The summed E-state index contributed by atoms with van der Waals surface area (Å²) in [4.78, 5) is 0. The molecule has 0 saturated carbocycles. The van der Waals surface area contributed by atoms with Crippen LogP contribution in [0, 0.1) is 18.8 Å². The van der Waals surface area contributed by atoms with Crippen LogP contribution in [0.2, 0.25) is 0 Å². The molecule has 0 saturated heterocycles. The van der Waals surface area contributed by atoms with Crippen LogP contribution >= 0.6 is 0 Å². The third-order valence-corrected chi connectivity index (χ3v) is 3.08. The number of rotatable bonds is 2. The highest BCUT2D eigenvalue weighted by Gasteiger charge is 1.96. The van der Waals surface area contributed by atoms with E-state index in [1.165, 1.54) is 11.1 Å². The van der Waals surface area contributed by atoms with E-state index < -0.39 is 0 Å². The molecule has 0 spiro atoms. The van der Waals surface area contributed by atoms with Gasteiger partial charge in [0.25, 0.3) is 0 Å². The van der Waals surface area contributed by atoms with Crippen LogP contribution in [0.3, 0.4) is 0 Å². The number of benzene rings is 1. The van der Waals surface area contributed by atoms with Crippen molar-refractivity contribution < 1.29 is 0 Å². The Hall–Kier alpha value is -0.780. The normalized spacial score (nSPS) is 10.6. The summed E-state index contributed by atoms with van der Waals surface area (Å²) in [6.07, 6.45) is 0. The summed E-state index contributed by atoms with van der Waals surface area (Å²) in [5.74, 6) is 2.36. The predicted molar refractivity (Wildman–Crippen MR) is 74.9 cm³/mol. The van der Waals surface area contributed by atoms with Gasteiger partial charge in [0.15, 0.2) is 0 Å². The van der Waals surface area contributed by atoms with E-state index in [1.54, 1.807) is 0 Å². The Labute approximate surface area is 102 Å². The summed E-state index contributed by atoms with van der Waals surface area (Å²) in [7, 11) is 0. The van der Waals surface area contributed by atoms with Crippen molar-refractivity contribution in [2.45, 2.75) is 54.4 Å². The van der Waals surface area contributed by atoms with E-state index in [0.29, 0.717) is 5.92 Å². The maximum Gasteiger partial charge on any atom is -0.0219 e. The molecule has 0 aliphatic heterocycles. The lowest BCUT2D eigenvalue weighted by Gasteiger charge is -2.05. The number of hydrogen-bond acceptors (Lipinski definition) is 0. The van der Waals surface area contributed by atoms with Crippen LogP contribution in [0.1, 0.15) is 58.6 Å². The molecule has 1 aromatic carbocycles. The molecule has 0 bridgehead atoms. The molecular weight excluding hydrogens is 192 g/mol. The van der Waals surface area contributed by atoms with Crippen LogP contribution < -0.4 is 0 Å². The lowest BCUT2D eigenvalue weighted by Crippen LogP contribution is -1.95. The van der Waals surface area contributed by atoms with Crippen LogP contribution in [0.15, 0.2) is 24.3 Å². The lowest BCUT2D eigenvalue weighted by molar-refractivity contribution is 0.457.